The molecular weight excluding hydrogens is 212 g/mol. The van der Waals surface area contributed by atoms with Gasteiger partial charge in [0.05, 0.1) is 24.9 Å². The van der Waals surface area contributed by atoms with E-state index in [4.69, 9.17) is 16.6 Å². The Balaban J connectivity index is 2.34. The second-order valence-electron chi connectivity index (χ2n) is 3.96. The monoisotopic (exact) mass is 232 g/mol. The van der Waals surface area contributed by atoms with Gasteiger partial charge in [-0.25, -0.2) is 0 Å². The van der Waals surface area contributed by atoms with Crippen molar-refractivity contribution in [3.8, 4) is 0 Å². The SMILES string of the molecule is NC(N)=NCCCN1C[C@H](O)[C@H](O)[C@H]1CO. The zero-order chi connectivity index (χ0) is 12.1. The number of guanidine groups is 1. The summed E-state index contributed by atoms with van der Waals surface area (Å²) in [5, 5.41) is 28.1. The van der Waals surface area contributed by atoms with E-state index in [1.807, 2.05) is 4.90 Å². The fourth-order valence-corrected chi connectivity index (χ4v) is 1.92. The van der Waals surface area contributed by atoms with E-state index in [1.165, 1.54) is 0 Å². The maximum absolute atomic E-state index is 9.55. The summed E-state index contributed by atoms with van der Waals surface area (Å²) in [4.78, 5) is 5.68. The quantitative estimate of drug-likeness (QED) is 0.196. The van der Waals surface area contributed by atoms with Gasteiger partial charge in [0.1, 0.15) is 0 Å². The minimum atomic E-state index is -0.881. The van der Waals surface area contributed by atoms with Crippen LogP contribution < -0.4 is 11.5 Å². The van der Waals surface area contributed by atoms with Gasteiger partial charge in [0.2, 0.25) is 0 Å². The molecule has 0 aromatic rings. The molecule has 1 rings (SSSR count). The highest BCUT2D eigenvalue weighted by molar-refractivity contribution is 5.75. The van der Waals surface area contributed by atoms with Crippen molar-refractivity contribution in [1.29, 1.82) is 0 Å². The summed E-state index contributed by atoms with van der Waals surface area (Å²) in [6.07, 6.45) is -0.957. The highest BCUT2D eigenvalue weighted by Gasteiger charge is 2.38. The topological polar surface area (TPSA) is 128 Å². The van der Waals surface area contributed by atoms with Gasteiger partial charge in [-0.2, -0.15) is 0 Å². The first-order valence-corrected chi connectivity index (χ1v) is 5.32. The van der Waals surface area contributed by atoms with Crippen molar-refractivity contribution in [3.63, 3.8) is 0 Å². The largest absolute Gasteiger partial charge is 0.395 e. The zero-order valence-electron chi connectivity index (χ0n) is 9.16. The van der Waals surface area contributed by atoms with Gasteiger partial charge < -0.3 is 26.8 Å². The van der Waals surface area contributed by atoms with Gasteiger partial charge in [0, 0.05) is 19.6 Å². The molecule has 1 aliphatic rings. The Morgan fingerprint density at radius 3 is 2.62 bits per heavy atom. The molecule has 1 heterocycles. The number of aliphatic imine (C=N–C) groups is 1. The molecule has 7 N–H and O–H groups in total. The summed E-state index contributed by atoms with van der Waals surface area (Å²) in [6, 6.07) is -0.394. The van der Waals surface area contributed by atoms with Crippen LogP contribution in [0.4, 0.5) is 0 Å². The number of hydrogen-bond acceptors (Lipinski definition) is 5. The number of likely N-dealkylation sites (tertiary alicyclic amines) is 1. The Bertz CT molecular complexity index is 245. The maximum Gasteiger partial charge on any atom is 0.185 e. The van der Waals surface area contributed by atoms with Gasteiger partial charge in [0.25, 0.3) is 0 Å². The zero-order valence-corrected chi connectivity index (χ0v) is 9.16. The van der Waals surface area contributed by atoms with Gasteiger partial charge >= 0.3 is 0 Å². The molecule has 0 saturated carbocycles. The van der Waals surface area contributed by atoms with E-state index >= 15 is 0 Å². The average Bonchev–Trinajstić information content (AvgIpc) is 2.49. The van der Waals surface area contributed by atoms with Crippen molar-refractivity contribution >= 4 is 5.96 Å². The lowest BCUT2D eigenvalue weighted by molar-refractivity contribution is 0.0217. The molecule has 94 valence electrons. The summed E-state index contributed by atoms with van der Waals surface area (Å²) >= 11 is 0. The van der Waals surface area contributed by atoms with E-state index in [2.05, 4.69) is 4.99 Å². The van der Waals surface area contributed by atoms with Crippen LogP contribution in [0.3, 0.4) is 0 Å². The van der Waals surface area contributed by atoms with E-state index in [0.29, 0.717) is 26.1 Å². The molecule has 7 heteroatoms. The number of β-amino-alcohol motifs (C(OH)–C–C–N with tert-alkyl or cyclic N) is 1. The fraction of sp³-hybridized carbons (Fsp3) is 0.889. The Labute approximate surface area is 94.4 Å². The van der Waals surface area contributed by atoms with Gasteiger partial charge in [-0.3, -0.25) is 9.89 Å². The Hall–Kier alpha value is -0.890. The van der Waals surface area contributed by atoms with Crippen LogP contribution in [0.2, 0.25) is 0 Å². The molecule has 16 heavy (non-hydrogen) atoms. The normalized spacial score (nSPS) is 30.6. The third-order valence-electron chi connectivity index (χ3n) is 2.76. The van der Waals surface area contributed by atoms with Crippen molar-refractivity contribution < 1.29 is 15.3 Å². The van der Waals surface area contributed by atoms with Crippen LogP contribution in [0, 0.1) is 0 Å². The van der Waals surface area contributed by atoms with Crippen molar-refractivity contribution in [3.05, 3.63) is 0 Å². The Morgan fingerprint density at radius 2 is 2.06 bits per heavy atom. The minimum absolute atomic E-state index is 0.0557. The molecular formula is C9H20N4O3. The van der Waals surface area contributed by atoms with Crippen LogP contribution >= 0.6 is 0 Å². The number of aliphatic hydroxyl groups excluding tert-OH is 3. The number of aliphatic hydroxyl groups is 3. The molecule has 0 amide bonds. The predicted octanol–water partition coefficient (Wildman–Crippen LogP) is -2.95. The summed E-state index contributed by atoms with van der Waals surface area (Å²) < 4.78 is 0. The number of nitrogens with two attached hydrogens (primary N) is 2. The van der Waals surface area contributed by atoms with Gasteiger partial charge in [0.15, 0.2) is 5.96 Å². The van der Waals surface area contributed by atoms with E-state index < -0.39 is 18.2 Å². The molecule has 3 atom stereocenters. The lowest BCUT2D eigenvalue weighted by atomic mass is 10.1. The second kappa shape index (κ2) is 6.00. The Kier molecular flexibility index (Phi) is 4.94. The number of hydrogen-bond donors (Lipinski definition) is 5. The van der Waals surface area contributed by atoms with Crippen LogP contribution in [-0.2, 0) is 0 Å². The maximum atomic E-state index is 9.55. The fourth-order valence-electron chi connectivity index (χ4n) is 1.92. The second-order valence-corrected chi connectivity index (χ2v) is 3.96. The lowest BCUT2D eigenvalue weighted by Crippen LogP contribution is -2.39. The first-order chi connectivity index (χ1) is 7.56. The molecule has 0 radical (unpaired) electrons. The lowest BCUT2D eigenvalue weighted by Gasteiger charge is -2.23. The third kappa shape index (κ3) is 3.31. The van der Waals surface area contributed by atoms with E-state index in [0.717, 1.165) is 0 Å². The molecule has 7 nitrogen and oxygen atoms in total. The van der Waals surface area contributed by atoms with Crippen molar-refractivity contribution in [2.75, 3.05) is 26.2 Å². The van der Waals surface area contributed by atoms with E-state index in [1.54, 1.807) is 0 Å². The van der Waals surface area contributed by atoms with E-state index in [-0.39, 0.29) is 12.6 Å². The minimum Gasteiger partial charge on any atom is -0.395 e. The van der Waals surface area contributed by atoms with Gasteiger partial charge in [-0.05, 0) is 6.42 Å². The molecule has 1 aliphatic heterocycles. The Morgan fingerprint density at radius 1 is 1.38 bits per heavy atom. The molecule has 0 aromatic carbocycles. The molecule has 1 saturated heterocycles. The van der Waals surface area contributed by atoms with Crippen LogP contribution in [0.5, 0.6) is 0 Å². The number of nitrogens with zero attached hydrogens (tertiary/aromatic N) is 2. The van der Waals surface area contributed by atoms with E-state index in [9.17, 15) is 10.2 Å². The summed E-state index contributed by atoms with van der Waals surface area (Å²) in [7, 11) is 0. The van der Waals surface area contributed by atoms with Crippen LogP contribution in [0.1, 0.15) is 6.42 Å². The van der Waals surface area contributed by atoms with Gasteiger partial charge in [-0.15, -0.1) is 0 Å². The average molecular weight is 232 g/mol. The summed E-state index contributed by atoms with van der Waals surface area (Å²) in [5.74, 6) is 0.0557. The third-order valence-corrected chi connectivity index (χ3v) is 2.76. The molecule has 0 aromatic heterocycles. The molecule has 0 unspecified atom stereocenters. The summed E-state index contributed by atoms with van der Waals surface area (Å²) in [6.45, 7) is 1.34. The summed E-state index contributed by atoms with van der Waals surface area (Å²) in [5.41, 5.74) is 10.4. The van der Waals surface area contributed by atoms with Crippen LogP contribution in [0.15, 0.2) is 4.99 Å². The van der Waals surface area contributed by atoms with Crippen molar-refractivity contribution in [1.82, 2.24) is 4.90 Å². The first-order valence-electron chi connectivity index (χ1n) is 5.32. The first kappa shape index (κ1) is 13.2. The van der Waals surface area contributed by atoms with Crippen LogP contribution in [-0.4, -0.2) is 70.7 Å². The molecule has 1 fully saturated rings. The van der Waals surface area contributed by atoms with Crippen molar-refractivity contribution in [2.24, 2.45) is 16.5 Å². The molecule has 0 bridgehead atoms. The van der Waals surface area contributed by atoms with Gasteiger partial charge in [-0.1, -0.05) is 0 Å². The van der Waals surface area contributed by atoms with Crippen LogP contribution in [0.25, 0.3) is 0 Å². The number of rotatable bonds is 5. The molecule has 0 aliphatic carbocycles. The standard InChI is InChI=1S/C9H20N4O3/c10-9(11)12-2-1-3-13-4-7(15)8(16)6(13)5-14/h6-8,14-16H,1-5H2,(H4,10,11,12)/t6-,7+,8-/m1/s1. The molecule has 0 spiro atoms. The highest BCUT2D eigenvalue weighted by atomic mass is 16.3. The highest BCUT2D eigenvalue weighted by Crippen LogP contribution is 2.18. The van der Waals surface area contributed by atoms with Crippen molar-refractivity contribution in [2.45, 2.75) is 24.7 Å². The smallest absolute Gasteiger partial charge is 0.185 e. The predicted molar refractivity (Wildman–Crippen MR) is 59.8 cm³/mol.